The number of carbonyl (C=O) groups excluding carboxylic acids is 1. The van der Waals surface area contributed by atoms with Crippen molar-refractivity contribution in [1.29, 1.82) is 0 Å². The Morgan fingerprint density at radius 3 is 2.52 bits per heavy atom. The Morgan fingerprint density at radius 2 is 2.00 bits per heavy atom. The Labute approximate surface area is 116 Å². The zero-order valence-corrected chi connectivity index (χ0v) is 10.7. The van der Waals surface area contributed by atoms with Gasteiger partial charge in [-0.1, -0.05) is 0 Å². The lowest BCUT2D eigenvalue weighted by atomic mass is 10.2. The van der Waals surface area contributed by atoms with E-state index in [2.05, 4.69) is 4.98 Å². The summed E-state index contributed by atoms with van der Waals surface area (Å²) in [5.74, 6) is -2.01. The molecule has 0 bridgehead atoms. The van der Waals surface area contributed by atoms with E-state index in [0.29, 0.717) is 5.56 Å². The number of anilines is 1. The predicted octanol–water partition coefficient (Wildman–Crippen LogP) is 2.23. The molecule has 0 atom stereocenters. The van der Waals surface area contributed by atoms with Gasteiger partial charge in [0, 0.05) is 25.0 Å². The van der Waals surface area contributed by atoms with Crippen LogP contribution in [0.15, 0.2) is 45.9 Å². The Kier molecular flexibility index (Phi) is 3.79. The van der Waals surface area contributed by atoms with Crippen LogP contribution in [0.3, 0.4) is 0 Å². The van der Waals surface area contributed by atoms with Crippen molar-refractivity contribution in [2.45, 2.75) is 6.18 Å². The maximum absolute atomic E-state index is 12.3. The molecule has 0 N–H and O–H groups in total. The largest absolute Gasteiger partial charge is 0.471 e. The van der Waals surface area contributed by atoms with E-state index >= 15 is 0 Å². The first-order valence-corrected chi connectivity index (χ1v) is 5.70. The predicted molar refractivity (Wildman–Crippen MR) is 67.7 cm³/mol. The number of hydrogen-bond donors (Lipinski definition) is 0. The number of halogens is 3. The van der Waals surface area contributed by atoms with Gasteiger partial charge < -0.3 is 9.32 Å². The molecular weight excluding hydrogens is 289 g/mol. The number of alkyl halides is 3. The molecule has 2 aromatic heterocycles. The molecule has 0 saturated carbocycles. The summed E-state index contributed by atoms with van der Waals surface area (Å²) in [6.45, 7) is 0. The fraction of sp³-hybridized carbons (Fsp3) is 0.154. The standard InChI is InChI=1S/C13H9F3N2O3/c1-18(12(20)13(14,15)16)9-4-5-10(21-11(9)19)8-3-2-6-17-7-8/h2-7H,1H3. The van der Waals surface area contributed by atoms with Crippen molar-refractivity contribution in [3.8, 4) is 11.3 Å². The van der Waals surface area contributed by atoms with Crippen LogP contribution in [0, 0.1) is 0 Å². The quantitative estimate of drug-likeness (QED) is 0.853. The molecule has 0 spiro atoms. The molecular formula is C13H9F3N2O3. The first-order chi connectivity index (χ1) is 9.80. The summed E-state index contributed by atoms with van der Waals surface area (Å²) in [6, 6.07) is 5.63. The van der Waals surface area contributed by atoms with Gasteiger partial charge in [-0.05, 0) is 24.3 Å². The van der Waals surface area contributed by atoms with Gasteiger partial charge in [-0.3, -0.25) is 9.78 Å². The number of rotatable bonds is 2. The molecule has 0 saturated heterocycles. The van der Waals surface area contributed by atoms with Crippen LogP contribution >= 0.6 is 0 Å². The van der Waals surface area contributed by atoms with Gasteiger partial charge in [0.15, 0.2) is 0 Å². The third kappa shape index (κ3) is 3.10. The van der Waals surface area contributed by atoms with Crippen LogP contribution in [-0.4, -0.2) is 24.1 Å². The van der Waals surface area contributed by atoms with Crippen molar-refractivity contribution in [3.05, 3.63) is 47.1 Å². The number of aromatic nitrogens is 1. The van der Waals surface area contributed by atoms with Gasteiger partial charge in [0.25, 0.3) is 0 Å². The van der Waals surface area contributed by atoms with Crippen molar-refractivity contribution in [1.82, 2.24) is 4.98 Å². The molecule has 1 amide bonds. The van der Waals surface area contributed by atoms with E-state index < -0.39 is 23.4 Å². The van der Waals surface area contributed by atoms with Crippen LogP contribution in [-0.2, 0) is 4.79 Å². The lowest BCUT2D eigenvalue weighted by molar-refractivity contribution is -0.170. The molecule has 2 aromatic rings. The number of pyridine rings is 1. The summed E-state index contributed by atoms with van der Waals surface area (Å²) < 4.78 is 41.9. The van der Waals surface area contributed by atoms with Crippen molar-refractivity contribution in [2.24, 2.45) is 0 Å². The second-order valence-electron chi connectivity index (χ2n) is 4.08. The first-order valence-electron chi connectivity index (χ1n) is 5.70. The highest BCUT2D eigenvalue weighted by molar-refractivity contribution is 5.96. The molecule has 0 fully saturated rings. The van der Waals surface area contributed by atoms with Crippen LogP contribution in [0.1, 0.15) is 0 Å². The molecule has 8 heteroatoms. The van der Waals surface area contributed by atoms with Crippen LogP contribution in [0.2, 0.25) is 0 Å². The van der Waals surface area contributed by atoms with Crippen molar-refractivity contribution < 1.29 is 22.4 Å². The average molecular weight is 298 g/mol. The molecule has 0 aromatic carbocycles. The van der Waals surface area contributed by atoms with E-state index in [-0.39, 0.29) is 10.7 Å². The van der Waals surface area contributed by atoms with Gasteiger partial charge in [0.2, 0.25) is 0 Å². The number of hydrogen-bond acceptors (Lipinski definition) is 4. The maximum atomic E-state index is 12.3. The van der Waals surface area contributed by atoms with Gasteiger partial charge >= 0.3 is 17.7 Å². The molecule has 5 nitrogen and oxygen atoms in total. The Bertz CT molecular complexity index is 711. The van der Waals surface area contributed by atoms with Crippen molar-refractivity contribution >= 4 is 11.6 Å². The van der Waals surface area contributed by atoms with Crippen LogP contribution in [0.5, 0.6) is 0 Å². The third-order valence-corrected chi connectivity index (χ3v) is 2.66. The highest BCUT2D eigenvalue weighted by Gasteiger charge is 2.42. The smallest absolute Gasteiger partial charge is 0.421 e. The summed E-state index contributed by atoms with van der Waals surface area (Å²) in [6.07, 6.45) is -2.11. The topological polar surface area (TPSA) is 63.4 Å². The fourth-order valence-corrected chi connectivity index (χ4v) is 1.62. The minimum absolute atomic E-state index is 0.143. The van der Waals surface area contributed by atoms with Crippen LogP contribution in [0.4, 0.5) is 18.9 Å². The molecule has 2 rings (SSSR count). The lowest BCUT2D eigenvalue weighted by Crippen LogP contribution is -2.40. The van der Waals surface area contributed by atoms with E-state index in [4.69, 9.17) is 4.42 Å². The zero-order chi connectivity index (χ0) is 15.6. The Balaban J connectivity index is 2.37. The number of amides is 1. The second kappa shape index (κ2) is 5.39. The van der Waals surface area contributed by atoms with Gasteiger partial charge in [-0.25, -0.2) is 4.79 Å². The van der Waals surface area contributed by atoms with Gasteiger partial charge in [0.1, 0.15) is 11.4 Å². The van der Waals surface area contributed by atoms with Crippen LogP contribution < -0.4 is 10.5 Å². The van der Waals surface area contributed by atoms with Gasteiger partial charge in [-0.2, -0.15) is 13.2 Å². The van der Waals surface area contributed by atoms with E-state index in [9.17, 15) is 22.8 Å². The van der Waals surface area contributed by atoms with Crippen LogP contribution in [0.25, 0.3) is 11.3 Å². The summed E-state index contributed by atoms with van der Waals surface area (Å²) in [7, 11) is 0.853. The highest BCUT2D eigenvalue weighted by atomic mass is 19.4. The number of carbonyl (C=O) groups is 1. The van der Waals surface area contributed by atoms with E-state index in [1.807, 2.05) is 0 Å². The van der Waals surface area contributed by atoms with Gasteiger partial charge in [-0.15, -0.1) is 0 Å². The maximum Gasteiger partial charge on any atom is 0.471 e. The van der Waals surface area contributed by atoms with E-state index in [0.717, 1.165) is 13.1 Å². The molecule has 0 aliphatic carbocycles. The lowest BCUT2D eigenvalue weighted by Gasteiger charge is -2.17. The molecule has 110 valence electrons. The third-order valence-electron chi connectivity index (χ3n) is 2.66. The molecule has 2 heterocycles. The summed E-state index contributed by atoms with van der Waals surface area (Å²) >= 11 is 0. The minimum atomic E-state index is -5.07. The molecule has 0 aliphatic rings. The number of nitrogens with zero attached hydrogens (tertiary/aromatic N) is 2. The fourth-order valence-electron chi connectivity index (χ4n) is 1.62. The molecule has 0 aliphatic heterocycles. The monoisotopic (exact) mass is 298 g/mol. The van der Waals surface area contributed by atoms with Crippen molar-refractivity contribution in [2.75, 3.05) is 11.9 Å². The summed E-state index contributed by atoms with van der Waals surface area (Å²) in [5, 5.41) is 0. The normalized spacial score (nSPS) is 11.2. The summed E-state index contributed by atoms with van der Waals surface area (Å²) in [4.78, 5) is 26.9. The molecule has 0 radical (unpaired) electrons. The van der Waals surface area contributed by atoms with E-state index in [1.165, 1.54) is 18.5 Å². The average Bonchev–Trinajstić information content (AvgIpc) is 2.45. The Hall–Kier alpha value is -2.64. The summed E-state index contributed by atoms with van der Waals surface area (Å²) in [5.41, 5.74) is -1.05. The Morgan fingerprint density at radius 1 is 1.29 bits per heavy atom. The first kappa shape index (κ1) is 14.8. The van der Waals surface area contributed by atoms with Gasteiger partial charge in [0.05, 0.1) is 0 Å². The minimum Gasteiger partial charge on any atom is -0.421 e. The SMILES string of the molecule is CN(C(=O)C(F)(F)F)c1ccc(-c2cccnc2)oc1=O. The highest BCUT2D eigenvalue weighted by Crippen LogP contribution is 2.22. The zero-order valence-electron chi connectivity index (χ0n) is 10.7. The molecule has 0 unspecified atom stereocenters. The van der Waals surface area contributed by atoms with Crippen molar-refractivity contribution in [3.63, 3.8) is 0 Å². The molecule has 21 heavy (non-hydrogen) atoms. The second-order valence-corrected chi connectivity index (χ2v) is 4.08. The van der Waals surface area contributed by atoms with E-state index in [1.54, 1.807) is 12.1 Å².